The number of hydrogen-bond acceptors (Lipinski definition) is 3. The molecule has 20 heavy (non-hydrogen) atoms. The van der Waals surface area contributed by atoms with Gasteiger partial charge in [0.15, 0.2) is 4.90 Å². The molecule has 1 rings (SSSR count). The molecule has 0 aromatic heterocycles. The summed E-state index contributed by atoms with van der Waals surface area (Å²) in [5, 5.41) is 2.67. The standard InChI is InChI=1S/C15H23NO3S/c1-6-18-8-7-16-15(17)19-13-9-12(3)14(20(4)5)10-11(13)2/h9-10H,6-8H2,1-5H3/p+1. The number of ether oxygens (including phenoxy) is 2. The Labute approximate surface area is 124 Å². The van der Waals surface area contributed by atoms with Crippen LogP contribution < -0.4 is 10.1 Å². The fourth-order valence-corrected chi connectivity index (χ4v) is 2.93. The van der Waals surface area contributed by atoms with Gasteiger partial charge in [-0.1, -0.05) is 0 Å². The van der Waals surface area contributed by atoms with Crippen LogP contribution in [0.1, 0.15) is 18.1 Å². The average molecular weight is 298 g/mol. The zero-order chi connectivity index (χ0) is 15.1. The van der Waals surface area contributed by atoms with Crippen LogP contribution in [0.15, 0.2) is 17.0 Å². The molecule has 0 saturated heterocycles. The van der Waals surface area contributed by atoms with E-state index in [9.17, 15) is 4.79 Å². The fraction of sp³-hybridized carbons (Fsp3) is 0.533. The highest BCUT2D eigenvalue weighted by atomic mass is 32.2. The highest BCUT2D eigenvalue weighted by molar-refractivity contribution is 7.95. The molecular weight excluding hydrogens is 274 g/mol. The molecule has 1 aromatic rings. The van der Waals surface area contributed by atoms with Crippen LogP contribution in [0.5, 0.6) is 5.75 Å². The van der Waals surface area contributed by atoms with Crippen LogP contribution in [-0.4, -0.2) is 38.4 Å². The number of aryl methyl sites for hydroxylation is 2. The second-order valence-electron chi connectivity index (χ2n) is 4.71. The average Bonchev–Trinajstić information content (AvgIpc) is 2.38. The SMILES string of the molecule is CCOCCNC(=O)Oc1cc(C)c([S+](C)C)cc1C. The molecule has 0 aliphatic rings. The number of nitrogens with one attached hydrogen (secondary N) is 1. The summed E-state index contributed by atoms with van der Waals surface area (Å²) in [6, 6.07) is 4.03. The van der Waals surface area contributed by atoms with E-state index in [1.54, 1.807) is 0 Å². The van der Waals surface area contributed by atoms with E-state index < -0.39 is 6.09 Å². The summed E-state index contributed by atoms with van der Waals surface area (Å²) in [5.41, 5.74) is 2.13. The molecule has 112 valence electrons. The monoisotopic (exact) mass is 298 g/mol. The zero-order valence-electron chi connectivity index (χ0n) is 12.9. The summed E-state index contributed by atoms with van der Waals surface area (Å²) in [6.45, 7) is 7.52. The Morgan fingerprint density at radius 1 is 1.25 bits per heavy atom. The Bertz CT molecular complexity index is 461. The van der Waals surface area contributed by atoms with Gasteiger partial charge in [-0.2, -0.15) is 0 Å². The van der Waals surface area contributed by atoms with Crippen LogP contribution in [0, 0.1) is 13.8 Å². The largest absolute Gasteiger partial charge is 0.412 e. The highest BCUT2D eigenvalue weighted by Crippen LogP contribution is 2.26. The minimum Gasteiger partial charge on any atom is -0.410 e. The molecule has 4 nitrogen and oxygen atoms in total. The molecule has 1 aromatic carbocycles. The summed E-state index contributed by atoms with van der Waals surface area (Å²) in [7, 11) is 0.198. The van der Waals surface area contributed by atoms with Crippen molar-refractivity contribution in [3.8, 4) is 5.75 Å². The maximum atomic E-state index is 11.7. The maximum absolute atomic E-state index is 11.7. The summed E-state index contributed by atoms with van der Waals surface area (Å²) < 4.78 is 10.5. The first kappa shape index (κ1) is 16.9. The minimum atomic E-state index is -0.438. The van der Waals surface area contributed by atoms with Crippen LogP contribution in [0.3, 0.4) is 0 Å². The van der Waals surface area contributed by atoms with Crippen molar-refractivity contribution in [2.45, 2.75) is 25.7 Å². The minimum absolute atomic E-state index is 0.198. The Hall–Kier alpha value is -1.20. The first-order valence-electron chi connectivity index (χ1n) is 6.68. The first-order chi connectivity index (χ1) is 9.45. The number of benzene rings is 1. The van der Waals surface area contributed by atoms with E-state index in [4.69, 9.17) is 9.47 Å². The third kappa shape index (κ3) is 5.06. The summed E-state index contributed by atoms with van der Waals surface area (Å²) >= 11 is 0. The molecule has 0 fully saturated rings. The number of carbonyl (C=O) groups is 1. The van der Waals surface area contributed by atoms with E-state index in [0.717, 1.165) is 11.1 Å². The molecular formula is C15H24NO3S+. The van der Waals surface area contributed by atoms with E-state index in [0.29, 0.717) is 25.5 Å². The molecule has 0 heterocycles. The molecule has 0 radical (unpaired) electrons. The Balaban J connectivity index is 2.64. The van der Waals surface area contributed by atoms with E-state index in [1.807, 2.05) is 26.8 Å². The van der Waals surface area contributed by atoms with Crippen LogP contribution >= 0.6 is 0 Å². The predicted octanol–water partition coefficient (Wildman–Crippen LogP) is 2.67. The van der Waals surface area contributed by atoms with Crippen molar-refractivity contribution >= 4 is 17.0 Å². The number of amides is 1. The quantitative estimate of drug-likeness (QED) is 0.649. The molecule has 0 aliphatic heterocycles. The van der Waals surface area contributed by atoms with E-state index >= 15 is 0 Å². The van der Waals surface area contributed by atoms with Crippen molar-refractivity contribution in [3.05, 3.63) is 23.3 Å². The first-order valence-corrected chi connectivity index (χ1v) is 8.72. The highest BCUT2D eigenvalue weighted by Gasteiger charge is 2.16. The third-order valence-electron chi connectivity index (χ3n) is 2.83. The van der Waals surface area contributed by atoms with Crippen LogP contribution in [-0.2, 0) is 15.6 Å². The second-order valence-corrected chi connectivity index (χ2v) is 6.79. The number of hydrogen-bond donors (Lipinski definition) is 1. The Morgan fingerprint density at radius 3 is 2.55 bits per heavy atom. The van der Waals surface area contributed by atoms with Crippen molar-refractivity contribution in [2.24, 2.45) is 0 Å². The molecule has 0 saturated carbocycles. The fourth-order valence-electron chi connectivity index (χ4n) is 1.82. The van der Waals surface area contributed by atoms with Gasteiger partial charge in [0.25, 0.3) is 0 Å². The van der Waals surface area contributed by atoms with Gasteiger partial charge < -0.3 is 14.8 Å². The van der Waals surface area contributed by atoms with E-state index in [-0.39, 0.29) is 10.9 Å². The number of carbonyl (C=O) groups excluding carboxylic acids is 1. The second kappa shape index (κ2) is 8.17. The van der Waals surface area contributed by atoms with Crippen LogP contribution in [0.25, 0.3) is 0 Å². The predicted molar refractivity (Wildman–Crippen MR) is 83.9 cm³/mol. The summed E-state index contributed by atoms with van der Waals surface area (Å²) in [6.07, 6.45) is 3.93. The van der Waals surface area contributed by atoms with Crippen molar-refractivity contribution in [1.82, 2.24) is 5.32 Å². The zero-order valence-corrected chi connectivity index (χ0v) is 13.7. The normalized spacial score (nSPS) is 10.7. The molecule has 1 N–H and O–H groups in total. The lowest BCUT2D eigenvalue weighted by molar-refractivity contribution is 0.145. The van der Waals surface area contributed by atoms with Crippen LogP contribution in [0.4, 0.5) is 4.79 Å². The third-order valence-corrected chi connectivity index (χ3v) is 4.15. The lowest BCUT2D eigenvalue weighted by atomic mass is 10.1. The van der Waals surface area contributed by atoms with Gasteiger partial charge in [0, 0.05) is 35.7 Å². The van der Waals surface area contributed by atoms with Gasteiger partial charge in [-0.05, 0) is 32.4 Å². The van der Waals surface area contributed by atoms with Gasteiger partial charge in [-0.3, -0.25) is 0 Å². The molecule has 0 aliphatic carbocycles. The topological polar surface area (TPSA) is 47.6 Å². The molecule has 0 spiro atoms. The molecule has 0 unspecified atom stereocenters. The number of rotatable bonds is 6. The van der Waals surface area contributed by atoms with Crippen molar-refractivity contribution < 1.29 is 14.3 Å². The van der Waals surface area contributed by atoms with E-state index in [1.165, 1.54) is 4.90 Å². The van der Waals surface area contributed by atoms with Gasteiger partial charge in [-0.15, -0.1) is 0 Å². The van der Waals surface area contributed by atoms with Gasteiger partial charge >= 0.3 is 6.09 Å². The molecule has 0 bridgehead atoms. The lowest BCUT2D eigenvalue weighted by Crippen LogP contribution is -2.30. The van der Waals surface area contributed by atoms with E-state index in [2.05, 4.69) is 23.9 Å². The Morgan fingerprint density at radius 2 is 1.95 bits per heavy atom. The van der Waals surface area contributed by atoms with Crippen molar-refractivity contribution in [1.29, 1.82) is 0 Å². The lowest BCUT2D eigenvalue weighted by Gasteiger charge is -2.11. The van der Waals surface area contributed by atoms with Crippen molar-refractivity contribution in [2.75, 3.05) is 32.3 Å². The van der Waals surface area contributed by atoms with Gasteiger partial charge in [-0.25, -0.2) is 4.79 Å². The molecule has 0 atom stereocenters. The Kier molecular flexibility index (Phi) is 6.88. The molecule has 5 heteroatoms. The van der Waals surface area contributed by atoms with Gasteiger partial charge in [0.05, 0.1) is 6.61 Å². The van der Waals surface area contributed by atoms with Gasteiger partial charge in [0.2, 0.25) is 0 Å². The summed E-state index contributed by atoms with van der Waals surface area (Å²) in [4.78, 5) is 13.0. The smallest absolute Gasteiger partial charge is 0.410 e. The van der Waals surface area contributed by atoms with Crippen molar-refractivity contribution in [3.63, 3.8) is 0 Å². The van der Waals surface area contributed by atoms with Gasteiger partial charge in [0.1, 0.15) is 18.3 Å². The molecule has 1 amide bonds. The summed E-state index contributed by atoms with van der Waals surface area (Å²) in [5.74, 6) is 0.616. The van der Waals surface area contributed by atoms with Crippen LogP contribution in [0.2, 0.25) is 0 Å². The maximum Gasteiger partial charge on any atom is 0.412 e.